The van der Waals surface area contributed by atoms with Gasteiger partial charge < -0.3 is 14.7 Å². The first-order valence-corrected chi connectivity index (χ1v) is 7.36. The van der Waals surface area contributed by atoms with Gasteiger partial charge in [-0.2, -0.15) is 0 Å². The van der Waals surface area contributed by atoms with Gasteiger partial charge in [0.2, 0.25) is 0 Å². The van der Waals surface area contributed by atoms with Crippen molar-refractivity contribution in [3.8, 4) is 0 Å². The monoisotopic (exact) mass is 293 g/mol. The number of piperidine rings is 1. The molecule has 0 aromatic carbocycles. The molecule has 1 fully saturated rings. The minimum Gasteiger partial charge on any atom is -0.467 e. The molecule has 116 valence electrons. The molecule has 1 saturated heterocycles. The highest BCUT2D eigenvalue weighted by Crippen LogP contribution is 2.25. The van der Waals surface area contributed by atoms with Crippen LogP contribution in [0.25, 0.3) is 0 Å². The van der Waals surface area contributed by atoms with Crippen LogP contribution in [0, 0.1) is 5.92 Å². The van der Waals surface area contributed by atoms with Crippen LogP contribution in [0.1, 0.15) is 38.4 Å². The van der Waals surface area contributed by atoms with E-state index in [2.05, 4.69) is 33.5 Å². The van der Waals surface area contributed by atoms with Gasteiger partial charge in [-0.15, -0.1) is 0 Å². The lowest BCUT2D eigenvalue weighted by Gasteiger charge is -2.34. The third kappa shape index (κ3) is 3.69. The number of aliphatic hydroxyl groups excluding tert-OH is 1. The lowest BCUT2D eigenvalue weighted by molar-refractivity contribution is -0.153. The Hall–Kier alpha value is -1.69. The van der Waals surface area contributed by atoms with E-state index in [0.29, 0.717) is 5.92 Å². The van der Waals surface area contributed by atoms with Gasteiger partial charge in [-0.1, -0.05) is 13.8 Å². The van der Waals surface area contributed by atoms with E-state index in [1.807, 2.05) is 6.07 Å². The number of carbonyl (C=O) groups is 1. The first-order valence-electron chi connectivity index (χ1n) is 7.36. The molecule has 6 heteroatoms. The molecule has 21 heavy (non-hydrogen) atoms. The zero-order valence-electron chi connectivity index (χ0n) is 12.8. The molecule has 0 amide bonds. The summed E-state index contributed by atoms with van der Waals surface area (Å²) in [5.74, 6) is 1.46. The first-order chi connectivity index (χ1) is 10.0. The van der Waals surface area contributed by atoms with Crippen LogP contribution in [0.4, 0.5) is 5.82 Å². The van der Waals surface area contributed by atoms with Gasteiger partial charge in [0.25, 0.3) is 0 Å². The summed E-state index contributed by atoms with van der Waals surface area (Å²) in [6, 6.07) is 1.91. The van der Waals surface area contributed by atoms with Crippen LogP contribution in [-0.4, -0.2) is 47.3 Å². The fraction of sp³-hybridized carbons (Fsp3) is 0.667. The molecule has 0 radical (unpaired) electrons. The number of rotatable bonds is 4. The van der Waals surface area contributed by atoms with E-state index in [1.165, 1.54) is 7.11 Å². The second-order valence-electron chi connectivity index (χ2n) is 5.72. The number of hydrogen-bond donors (Lipinski definition) is 1. The van der Waals surface area contributed by atoms with E-state index >= 15 is 0 Å². The maximum Gasteiger partial charge on any atom is 0.334 e. The van der Waals surface area contributed by atoms with E-state index in [-0.39, 0.29) is 5.92 Å². The van der Waals surface area contributed by atoms with Crippen LogP contribution >= 0.6 is 0 Å². The zero-order valence-corrected chi connectivity index (χ0v) is 12.8. The Bertz CT molecular complexity index is 485. The molecule has 1 aromatic heterocycles. The van der Waals surface area contributed by atoms with Crippen molar-refractivity contribution in [3.05, 3.63) is 18.1 Å². The molecule has 1 aliphatic rings. The minimum atomic E-state index is -1.02. The molecule has 2 heterocycles. The van der Waals surface area contributed by atoms with Gasteiger partial charge in [0.05, 0.1) is 7.11 Å². The highest BCUT2D eigenvalue weighted by atomic mass is 16.5. The molecule has 0 spiro atoms. The molecule has 1 aromatic rings. The van der Waals surface area contributed by atoms with Gasteiger partial charge >= 0.3 is 5.97 Å². The van der Waals surface area contributed by atoms with Crippen molar-refractivity contribution in [2.45, 2.75) is 38.7 Å². The highest BCUT2D eigenvalue weighted by Gasteiger charge is 2.30. The summed E-state index contributed by atoms with van der Waals surface area (Å²) in [6.45, 7) is 5.68. The predicted octanol–water partition coefficient (Wildman–Crippen LogP) is 1.35. The van der Waals surface area contributed by atoms with Crippen LogP contribution in [0.15, 0.2) is 12.3 Å². The van der Waals surface area contributed by atoms with Gasteiger partial charge in [0, 0.05) is 25.2 Å². The lowest BCUT2D eigenvalue weighted by atomic mass is 9.91. The summed E-state index contributed by atoms with van der Waals surface area (Å²) in [7, 11) is 1.30. The Morgan fingerprint density at radius 1 is 1.43 bits per heavy atom. The van der Waals surface area contributed by atoms with Crippen molar-refractivity contribution >= 4 is 11.8 Å². The number of hydrogen-bond acceptors (Lipinski definition) is 6. The second-order valence-corrected chi connectivity index (χ2v) is 5.72. The topological polar surface area (TPSA) is 75.6 Å². The third-order valence-corrected chi connectivity index (χ3v) is 3.93. The molecule has 6 nitrogen and oxygen atoms in total. The number of anilines is 1. The van der Waals surface area contributed by atoms with E-state index < -0.39 is 12.1 Å². The molecule has 0 bridgehead atoms. The summed E-state index contributed by atoms with van der Waals surface area (Å²) in [6.07, 6.45) is 2.26. The predicted molar refractivity (Wildman–Crippen MR) is 79.1 cm³/mol. The van der Waals surface area contributed by atoms with Crippen LogP contribution in [0.3, 0.4) is 0 Å². The largest absolute Gasteiger partial charge is 0.467 e. The molecule has 1 aliphatic heterocycles. The number of ether oxygens (including phenoxy) is 1. The van der Waals surface area contributed by atoms with Crippen molar-refractivity contribution < 1.29 is 14.6 Å². The minimum absolute atomic E-state index is 0.0416. The van der Waals surface area contributed by atoms with Gasteiger partial charge in [0.1, 0.15) is 11.6 Å². The van der Waals surface area contributed by atoms with Crippen LogP contribution < -0.4 is 4.90 Å². The summed E-state index contributed by atoms with van der Waals surface area (Å²) >= 11 is 0. The number of nitrogens with zero attached hydrogens (tertiary/aromatic N) is 3. The molecule has 0 aliphatic carbocycles. The molecule has 1 atom stereocenters. The average molecular weight is 293 g/mol. The first kappa shape index (κ1) is 15.7. The molecule has 1 N–H and O–H groups in total. The number of aromatic nitrogens is 2. The van der Waals surface area contributed by atoms with Crippen molar-refractivity contribution in [1.82, 2.24) is 9.97 Å². The number of esters is 1. The fourth-order valence-corrected chi connectivity index (χ4v) is 2.58. The number of methoxy groups -OCH3 is 1. The number of carbonyl (C=O) groups excluding carboxylic acids is 1. The van der Waals surface area contributed by atoms with E-state index in [4.69, 9.17) is 0 Å². The van der Waals surface area contributed by atoms with Gasteiger partial charge in [-0.25, -0.2) is 14.8 Å². The molecule has 2 rings (SSSR count). The van der Waals surface area contributed by atoms with Gasteiger partial charge in [0.15, 0.2) is 6.10 Å². The zero-order chi connectivity index (χ0) is 15.4. The summed E-state index contributed by atoms with van der Waals surface area (Å²) < 4.78 is 4.60. The maximum atomic E-state index is 11.4. The summed E-state index contributed by atoms with van der Waals surface area (Å²) in [5, 5.41) is 9.90. The summed E-state index contributed by atoms with van der Waals surface area (Å²) in [5.41, 5.74) is 0. The normalized spacial score (nSPS) is 17.9. The van der Waals surface area contributed by atoms with Crippen LogP contribution in [-0.2, 0) is 9.53 Å². The quantitative estimate of drug-likeness (QED) is 0.845. The van der Waals surface area contributed by atoms with E-state index in [9.17, 15) is 9.90 Å². The Morgan fingerprint density at radius 2 is 2.10 bits per heavy atom. The van der Waals surface area contributed by atoms with Crippen LogP contribution in [0.5, 0.6) is 0 Å². The Balaban J connectivity index is 1.98. The smallest absolute Gasteiger partial charge is 0.334 e. The SMILES string of the molecule is COC(=O)C(O)C1CCN(c2ccnc(C(C)C)n2)CC1. The lowest BCUT2D eigenvalue weighted by Crippen LogP contribution is -2.41. The fourth-order valence-electron chi connectivity index (χ4n) is 2.58. The van der Waals surface area contributed by atoms with E-state index in [0.717, 1.165) is 37.6 Å². The van der Waals surface area contributed by atoms with Gasteiger partial charge in [-0.05, 0) is 24.8 Å². The molecular formula is C15H23N3O3. The van der Waals surface area contributed by atoms with E-state index in [1.54, 1.807) is 6.20 Å². The molecular weight excluding hydrogens is 270 g/mol. The van der Waals surface area contributed by atoms with Crippen LogP contribution in [0.2, 0.25) is 0 Å². The Labute approximate surface area is 125 Å². The Morgan fingerprint density at radius 3 is 2.67 bits per heavy atom. The molecule has 1 unspecified atom stereocenters. The standard InChI is InChI=1S/C15H23N3O3/c1-10(2)14-16-7-4-12(17-14)18-8-5-11(6-9-18)13(19)15(20)21-3/h4,7,10-11,13,19H,5-6,8-9H2,1-3H3. The highest BCUT2D eigenvalue weighted by molar-refractivity contribution is 5.74. The second kappa shape index (κ2) is 6.85. The summed E-state index contributed by atoms with van der Waals surface area (Å²) in [4.78, 5) is 22.4. The number of aliphatic hydroxyl groups is 1. The van der Waals surface area contributed by atoms with Crippen molar-refractivity contribution in [2.24, 2.45) is 5.92 Å². The van der Waals surface area contributed by atoms with Crippen molar-refractivity contribution in [1.29, 1.82) is 0 Å². The molecule has 0 saturated carbocycles. The maximum absolute atomic E-state index is 11.4. The van der Waals surface area contributed by atoms with Crippen molar-refractivity contribution in [3.63, 3.8) is 0 Å². The average Bonchev–Trinajstić information content (AvgIpc) is 2.53. The van der Waals surface area contributed by atoms with Crippen molar-refractivity contribution in [2.75, 3.05) is 25.1 Å². The van der Waals surface area contributed by atoms with Gasteiger partial charge in [-0.3, -0.25) is 0 Å². The third-order valence-electron chi connectivity index (χ3n) is 3.93. The Kier molecular flexibility index (Phi) is 5.12.